The molecule has 2 heterocycles. The van der Waals surface area contributed by atoms with E-state index in [-0.39, 0.29) is 0 Å². The molecule has 0 amide bonds. The van der Waals surface area contributed by atoms with Crippen molar-refractivity contribution in [1.82, 2.24) is 9.88 Å². The maximum Gasteiger partial charge on any atom is 0.133 e. The number of rotatable bonds is 3. The summed E-state index contributed by atoms with van der Waals surface area (Å²) in [5.41, 5.74) is 1.15. The Hall–Kier alpha value is -0.600. The van der Waals surface area contributed by atoms with Crippen LogP contribution in [0.1, 0.15) is 25.8 Å². The summed E-state index contributed by atoms with van der Waals surface area (Å²) < 4.78 is 0. The van der Waals surface area contributed by atoms with E-state index in [1.54, 1.807) is 6.20 Å². The van der Waals surface area contributed by atoms with Gasteiger partial charge in [-0.15, -0.1) is 0 Å². The molecule has 1 saturated heterocycles. The summed E-state index contributed by atoms with van der Waals surface area (Å²) in [6.07, 6.45) is 3.06. The molecule has 1 aliphatic heterocycles. The van der Waals surface area contributed by atoms with Gasteiger partial charge < -0.3 is 0 Å². The first-order valence-corrected chi connectivity index (χ1v) is 6.36. The smallest absolute Gasteiger partial charge is 0.133 e. The van der Waals surface area contributed by atoms with Gasteiger partial charge in [-0.1, -0.05) is 31.5 Å². The van der Waals surface area contributed by atoms with E-state index in [1.807, 2.05) is 6.07 Å². The molecule has 88 valence electrons. The molecule has 1 atom stereocenters. The summed E-state index contributed by atoms with van der Waals surface area (Å²) in [7, 11) is 0. The third-order valence-electron chi connectivity index (χ3n) is 3.48. The van der Waals surface area contributed by atoms with Crippen LogP contribution in [0.3, 0.4) is 0 Å². The number of nitrogens with zero attached hydrogens (tertiary/aromatic N) is 2. The van der Waals surface area contributed by atoms with E-state index < -0.39 is 0 Å². The van der Waals surface area contributed by atoms with Crippen LogP contribution >= 0.6 is 11.6 Å². The standard InChI is InChI=1S/C13H19ClN2/c1-10(2)11-5-7-16(8-11)9-12-4-3-6-15-13(12)14/h3-4,6,10-11H,5,7-9H2,1-2H3. The van der Waals surface area contributed by atoms with Gasteiger partial charge in [-0.2, -0.15) is 0 Å². The van der Waals surface area contributed by atoms with Crippen molar-refractivity contribution < 1.29 is 0 Å². The second-order valence-corrected chi connectivity index (χ2v) is 5.34. The molecule has 16 heavy (non-hydrogen) atoms. The maximum absolute atomic E-state index is 6.06. The van der Waals surface area contributed by atoms with Crippen molar-refractivity contribution in [3.8, 4) is 0 Å². The second kappa shape index (κ2) is 5.15. The van der Waals surface area contributed by atoms with Gasteiger partial charge >= 0.3 is 0 Å². The number of aromatic nitrogens is 1. The molecule has 1 fully saturated rings. The molecule has 1 aromatic heterocycles. The molecule has 1 aliphatic rings. The minimum absolute atomic E-state index is 0.649. The predicted octanol–water partition coefficient (Wildman–Crippen LogP) is 3.21. The van der Waals surface area contributed by atoms with Gasteiger partial charge in [0.05, 0.1) is 0 Å². The molecule has 0 aliphatic carbocycles. The Kier molecular flexibility index (Phi) is 3.82. The van der Waals surface area contributed by atoms with Crippen LogP contribution in [0.4, 0.5) is 0 Å². The van der Waals surface area contributed by atoms with Crippen molar-refractivity contribution in [3.05, 3.63) is 29.0 Å². The first-order valence-electron chi connectivity index (χ1n) is 5.98. The monoisotopic (exact) mass is 238 g/mol. The zero-order valence-corrected chi connectivity index (χ0v) is 10.7. The minimum atomic E-state index is 0.649. The van der Waals surface area contributed by atoms with E-state index in [1.165, 1.54) is 19.5 Å². The van der Waals surface area contributed by atoms with Crippen LogP contribution in [0.2, 0.25) is 5.15 Å². The Morgan fingerprint density at radius 1 is 1.56 bits per heavy atom. The molecular weight excluding hydrogens is 220 g/mol. The third-order valence-corrected chi connectivity index (χ3v) is 3.82. The lowest BCUT2D eigenvalue weighted by atomic mass is 9.95. The highest BCUT2D eigenvalue weighted by Crippen LogP contribution is 2.25. The molecule has 1 unspecified atom stereocenters. The Bertz CT molecular complexity index is 352. The molecule has 2 rings (SSSR count). The van der Waals surface area contributed by atoms with Gasteiger partial charge in [0.25, 0.3) is 0 Å². The number of halogens is 1. The molecule has 1 aromatic rings. The molecule has 0 bridgehead atoms. The van der Waals surface area contributed by atoms with Gasteiger partial charge in [0.2, 0.25) is 0 Å². The molecule has 0 spiro atoms. The van der Waals surface area contributed by atoms with Crippen LogP contribution in [0, 0.1) is 11.8 Å². The average Bonchev–Trinajstić information content (AvgIpc) is 2.70. The van der Waals surface area contributed by atoms with Crippen LogP contribution in [0.15, 0.2) is 18.3 Å². The zero-order valence-electron chi connectivity index (χ0n) is 9.99. The van der Waals surface area contributed by atoms with Crippen molar-refractivity contribution in [2.24, 2.45) is 11.8 Å². The van der Waals surface area contributed by atoms with Crippen LogP contribution < -0.4 is 0 Å². The fourth-order valence-corrected chi connectivity index (χ4v) is 2.51. The zero-order chi connectivity index (χ0) is 11.5. The molecule has 0 saturated carbocycles. The van der Waals surface area contributed by atoms with Crippen molar-refractivity contribution in [3.63, 3.8) is 0 Å². The summed E-state index contributed by atoms with van der Waals surface area (Å²) >= 11 is 6.06. The van der Waals surface area contributed by atoms with Crippen molar-refractivity contribution in [1.29, 1.82) is 0 Å². The van der Waals surface area contributed by atoms with Gasteiger partial charge in [-0.25, -0.2) is 4.98 Å². The van der Waals surface area contributed by atoms with E-state index >= 15 is 0 Å². The van der Waals surface area contributed by atoms with Gasteiger partial charge in [-0.3, -0.25) is 4.90 Å². The molecular formula is C13H19ClN2. The fourth-order valence-electron chi connectivity index (χ4n) is 2.33. The van der Waals surface area contributed by atoms with Crippen LogP contribution in [-0.4, -0.2) is 23.0 Å². The first kappa shape index (κ1) is 11.9. The van der Waals surface area contributed by atoms with Gasteiger partial charge in [-0.05, 0) is 30.9 Å². The van der Waals surface area contributed by atoms with E-state index in [2.05, 4.69) is 29.8 Å². The van der Waals surface area contributed by atoms with Gasteiger partial charge in [0.1, 0.15) is 5.15 Å². The Balaban J connectivity index is 1.95. The number of pyridine rings is 1. The largest absolute Gasteiger partial charge is 0.299 e. The highest BCUT2D eigenvalue weighted by molar-refractivity contribution is 6.30. The third kappa shape index (κ3) is 2.74. The Labute approximate surface area is 103 Å². The topological polar surface area (TPSA) is 16.1 Å². The summed E-state index contributed by atoms with van der Waals surface area (Å²) in [6.45, 7) is 7.95. The highest BCUT2D eigenvalue weighted by atomic mass is 35.5. The van der Waals surface area contributed by atoms with E-state index in [9.17, 15) is 0 Å². The van der Waals surface area contributed by atoms with Crippen LogP contribution in [0.5, 0.6) is 0 Å². The minimum Gasteiger partial charge on any atom is -0.299 e. The maximum atomic E-state index is 6.06. The number of hydrogen-bond acceptors (Lipinski definition) is 2. The second-order valence-electron chi connectivity index (χ2n) is 4.98. The quantitative estimate of drug-likeness (QED) is 0.752. The number of hydrogen-bond donors (Lipinski definition) is 0. The molecule has 0 aromatic carbocycles. The van der Waals surface area contributed by atoms with Gasteiger partial charge in [0, 0.05) is 24.8 Å². The van der Waals surface area contributed by atoms with E-state index in [4.69, 9.17) is 11.6 Å². The first-order chi connectivity index (χ1) is 7.66. The SMILES string of the molecule is CC(C)C1CCN(Cc2cccnc2Cl)C1. The molecule has 0 N–H and O–H groups in total. The lowest BCUT2D eigenvalue weighted by Crippen LogP contribution is -2.21. The summed E-state index contributed by atoms with van der Waals surface area (Å²) in [5, 5.41) is 0.649. The van der Waals surface area contributed by atoms with Crippen molar-refractivity contribution >= 4 is 11.6 Å². The van der Waals surface area contributed by atoms with E-state index in [0.717, 1.165) is 23.9 Å². The predicted molar refractivity (Wildman–Crippen MR) is 67.5 cm³/mol. The summed E-state index contributed by atoms with van der Waals surface area (Å²) in [6, 6.07) is 4.02. The normalized spacial score (nSPS) is 21.9. The molecule has 0 radical (unpaired) electrons. The lowest BCUT2D eigenvalue weighted by molar-refractivity contribution is 0.296. The fraction of sp³-hybridized carbons (Fsp3) is 0.615. The number of likely N-dealkylation sites (tertiary alicyclic amines) is 1. The summed E-state index contributed by atoms with van der Waals surface area (Å²) in [5.74, 6) is 1.63. The van der Waals surface area contributed by atoms with E-state index in [0.29, 0.717) is 5.15 Å². The molecule has 3 heteroatoms. The average molecular weight is 239 g/mol. The summed E-state index contributed by atoms with van der Waals surface area (Å²) in [4.78, 5) is 6.59. The van der Waals surface area contributed by atoms with Gasteiger partial charge in [0.15, 0.2) is 0 Å². The Morgan fingerprint density at radius 3 is 3.00 bits per heavy atom. The molecule has 2 nitrogen and oxygen atoms in total. The Morgan fingerprint density at radius 2 is 2.38 bits per heavy atom. The highest BCUT2D eigenvalue weighted by Gasteiger charge is 2.24. The van der Waals surface area contributed by atoms with Crippen LogP contribution in [0.25, 0.3) is 0 Å². The lowest BCUT2D eigenvalue weighted by Gasteiger charge is -2.18. The van der Waals surface area contributed by atoms with Crippen molar-refractivity contribution in [2.45, 2.75) is 26.8 Å². The van der Waals surface area contributed by atoms with Crippen molar-refractivity contribution in [2.75, 3.05) is 13.1 Å². The van der Waals surface area contributed by atoms with Crippen LogP contribution in [-0.2, 0) is 6.54 Å².